The molecule has 0 saturated carbocycles. The second-order valence-electron chi connectivity index (χ2n) is 8.07. The van der Waals surface area contributed by atoms with Crippen LogP contribution in [0, 0.1) is 0 Å². The summed E-state index contributed by atoms with van der Waals surface area (Å²) >= 11 is 1.43. The van der Waals surface area contributed by atoms with Crippen molar-refractivity contribution in [2.24, 2.45) is 0 Å². The number of ether oxygens (including phenoxy) is 4. The lowest BCUT2D eigenvalue weighted by Gasteiger charge is -2.30. The van der Waals surface area contributed by atoms with E-state index in [1.807, 2.05) is 20.8 Å². The number of nitrogens with one attached hydrogen (secondary N) is 1. The molecule has 0 fully saturated rings. The highest BCUT2D eigenvalue weighted by molar-refractivity contribution is 7.17. The van der Waals surface area contributed by atoms with E-state index in [1.54, 1.807) is 12.1 Å². The molecule has 34 heavy (non-hydrogen) atoms. The molecule has 0 aliphatic carbocycles. The van der Waals surface area contributed by atoms with E-state index in [-0.39, 0.29) is 5.91 Å². The number of anilines is 1. The molecule has 9 heteroatoms. The summed E-state index contributed by atoms with van der Waals surface area (Å²) < 4.78 is 22.3. The zero-order valence-corrected chi connectivity index (χ0v) is 21.6. The zero-order chi connectivity index (χ0) is 24.8. The van der Waals surface area contributed by atoms with Crippen LogP contribution in [0.4, 0.5) is 5.00 Å². The smallest absolute Gasteiger partial charge is 0.341 e. The van der Waals surface area contributed by atoms with E-state index < -0.39 is 5.97 Å². The molecule has 0 spiro atoms. The highest BCUT2D eigenvalue weighted by atomic mass is 32.1. The number of carbonyl (C=O) groups excluding carboxylic acids is 2. The molecule has 2 aromatic rings. The van der Waals surface area contributed by atoms with Gasteiger partial charge in [0.1, 0.15) is 5.00 Å². The van der Waals surface area contributed by atoms with Crippen molar-refractivity contribution in [2.45, 2.75) is 53.6 Å². The Morgan fingerprint density at radius 3 is 2.21 bits per heavy atom. The summed E-state index contributed by atoms with van der Waals surface area (Å²) in [6.07, 6.45) is 0.732. The molecule has 2 heterocycles. The summed E-state index contributed by atoms with van der Waals surface area (Å²) in [5.74, 6) is 0.536. The Labute approximate surface area is 205 Å². The van der Waals surface area contributed by atoms with Gasteiger partial charge in [0.2, 0.25) is 5.75 Å². The van der Waals surface area contributed by atoms with E-state index in [2.05, 4.69) is 24.1 Å². The molecule has 0 atom stereocenters. The van der Waals surface area contributed by atoms with Gasteiger partial charge in [-0.05, 0) is 58.7 Å². The van der Waals surface area contributed by atoms with Gasteiger partial charge in [-0.1, -0.05) is 0 Å². The van der Waals surface area contributed by atoms with Gasteiger partial charge in [-0.2, -0.15) is 0 Å². The molecule has 0 saturated heterocycles. The number of fused-ring (bicyclic) bond motifs is 1. The minimum Gasteiger partial charge on any atom is -0.490 e. The molecular formula is C25H34N2O6S. The second-order valence-corrected chi connectivity index (χ2v) is 9.17. The van der Waals surface area contributed by atoms with E-state index in [1.165, 1.54) is 18.4 Å². The fourth-order valence-electron chi connectivity index (χ4n) is 3.97. The van der Waals surface area contributed by atoms with E-state index in [0.29, 0.717) is 59.2 Å². The first-order valence-electron chi connectivity index (χ1n) is 11.7. The van der Waals surface area contributed by atoms with Gasteiger partial charge in [0.25, 0.3) is 5.91 Å². The molecule has 8 nitrogen and oxygen atoms in total. The van der Waals surface area contributed by atoms with Crippen molar-refractivity contribution < 1.29 is 28.5 Å². The average molecular weight is 491 g/mol. The monoisotopic (exact) mass is 490 g/mol. The summed E-state index contributed by atoms with van der Waals surface area (Å²) in [5.41, 5.74) is 1.75. The average Bonchev–Trinajstić information content (AvgIpc) is 3.17. The van der Waals surface area contributed by atoms with Crippen LogP contribution in [0.15, 0.2) is 12.1 Å². The SMILES string of the molecule is CCOc1cc(C(=O)Nc2sc3c(c2C(=O)OC)CCN(C(C)C)C3)cc(OCC)c1OCC. The lowest BCUT2D eigenvalue weighted by atomic mass is 10.0. The second kappa shape index (κ2) is 11.6. The summed E-state index contributed by atoms with van der Waals surface area (Å²) in [6, 6.07) is 3.67. The minimum absolute atomic E-state index is 0.348. The molecule has 1 aliphatic rings. The van der Waals surface area contributed by atoms with Gasteiger partial charge in [-0.15, -0.1) is 11.3 Å². The maximum Gasteiger partial charge on any atom is 0.341 e. The van der Waals surface area contributed by atoms with Crippen LogP contribution in [0.2, 0.25) is 0 Å². The standard InChI is InChI=1S/C25H34N2O6S/c1-7-31-18-12-16(13-19(32-8-2)22(18)33-9-3)23(28)26-24-21(25(29)30-6)17-10-11-27(15(4)5)14-20(17)34-24/h12-13,15H,7-11,14H2,1-6H3,(H,26,28). The molecule has 1 aromatic heterocycles. The number of rotatable bonds is 10. The van der Waals surface area contributed by atoms with Crippen LogP contribution in [-0.4, -0.2) is 56.3 Å². The highest BCUT2D eigenvalue weighted by Crippen LogP contribution is 2.41. The fraction of sp³-hybridized carbons (Fsp3) is 0.520. The third-order valence-electron chi connectivity index (χ3n) is 5.60. The summed E-state index contributed by atoms with van der Waals surface area (Å²) in [4.78, 5) is 29.4. The number of benzene rings is 1. The van der Waals surface area contributed by atoms with Crippen molar-refractivity contribution in [2.75, 3.05) is 38.8 Å². The van der Waals surface area contributed by atoms with Crippen molar-refractivity contribution in [1.82, 2.24) is 4.90 Å². The Balaban J connectivity index is 1.98. The summed E-state index contributed by atoms with van der Waals surface area (Å²) in [6.45, 7) is 12.8. The molecule has 1 N–H and O–H groups in total. The third-order valence-corrected chi connectivity index (χ3v) is 6.74. The van der Waals surface area contributed by atoms with Crippen LogP contribution in [0.5, 0.6) is 17.2 Å². The first kappa shape index (κ1) is 25.8. The van der Waals surface area contributed by atoms with E-state index >= 15 is 0 Å². The topological polar surface area (TPSA) is 86.3 Å². The Morgan fingerprint density at radius 2 is 1.68 bits per heavy atom. The molecular weight excluding hydrogens is 456 g/mol. The number of methoxy groups -OCH3 is 1. The quantitative estimate of drug-likeness (QED) is 0.481. The predicted molar refractivity (Wildman–Crippen MR) is 133 cm³/mol. The van der Waals surface area contributed by atoms with E-state index in [9.17, 15) is 9.59 Å². The van der Waals surface area contributed by atoms with Crippen LogP contribution >= 0.6 is 11.3 Å². The van der Waals surface area contributed by atoms with Crippen molar-refractivity contribution >= 4 is 28.2 Å². The Kier molecular flexibility index (Phi) is 8.79. The molecule has 0 radical (unpaired) electrons. The number of nitrogens with zero attached hydrogens (tertiary/aromatic N) is 1. The molecule has 1 aliphatic heterocycles. The van der Waals surface area contributed by atoms with Crippen molar-refractivity contribution in [3.63, 3.8) is 0 Å². The normalized spacial score (nSPS) is 13.4. The van der Waals surface area contributed by atoms with Crippen molar-refractivity contribution in [3.05, 3.63) is 33.7 Å². The van der Waals surface area contributed by atoms with Gasteiger partial charge in [0, 0.05) is 29.6 Å². The van der Waals surface area contributed by atoms with Crippen LogP contribution in [-0.2, 0) is 17.7 Å². The van der Waals surface area contributed by atoms with Gasteiger partial charge in [0.05, 0.1) is 32.5 Å². The largest absolute Gasteiger partial charge is 0.490 e. The highest BCUT2D eigenvalue weighted by Gasteiger charge is 2.30. The van der Waals surface area contributed by atoms with Crippen LogP contribution in [0.1, 0.15) is 65.8 Å². The molecule has 0 bridgehead atoms. The molecule has 1 amide bonds. The fourth-order valence-corrected chi connectivity index (χ4v) is 5.22. The van der Waals surface area contributed by atoms with Crippen LogP contribution < -0.4 is 19.5 Å². The lowest BCUT2D eigenvalue weighted by molar-refractivity contribution is 0.0600. The molecule has 1 aromatic carbocycles. The van der Waals surface area contributed by atoms with Gasteiger partial charge < -0.3 is 24.3 Å². The third kappa shape index (κ3) is 5.47. The molecule has 186 valence electrons. The first-order valence-corrected chi connectivity index (χ1v) is 12.5. The summed E-state index contributed by atoms with van der Waals surface area (Å²) in [5, 5.41) is 3.44. The number of carbonyl (C=O) groups is 2. The molecule has 3 rings (SSSR count). The number of esters is 1. The number of hydrogen-bond acceptors (Lipinski definition) is 8. The Hall–Kier alpha value is -2.78. The minimum atomic E-state index is -0.442. The number of thiophene rings is 1. The zero-order valence-electron chi connectivity index (χ0n) is 20.8. The van der Waals surface area contributed by atoms with Gasteiger partial charge in [-0.25, -0.2) is 4.79 Å². The first-order chi connectivity index (χ1) is 16.3. The maximum atomic E-state index is 13.3. The lowest BCUT2D eigenvalue weighted by Crippen LogP contribution is -2.35. The van der Waals surface area contributed by atoms with Crippen molar-refractivity contribution in [1.29, 1.82) is 0 Å². The van der Waals surface area contributed by atoms with E-state index in [0.717, 1.165) is 30.0 Å². The predicted octanol–water partition coefficient (Wildman–Crippen LogP) is 4.75. The maximum absolute atomic E-state index is 13.3. The van der Waals surface area contributed by atoms with Crippen molar-refractivity contribution in [3.8, 4) is 17.2 Å². The summed E-state index contributed by atoms with van der Waals surface area (Å²) in [7, 11) is 1.36. The van der Waals surface area contributed by atoms with Gasteiger partial charge in [0.15, 0.2) is 11.5 Å². The Morgan fingerprint density at radius 1 is 1.06 bits per heavy atom. The van der Waals surface area contributed by atoms with Crippen LogP contribution in [0.3, 0.4) is 0 Å². The van der Waals surface area contributed by atoms with Gasteiger partial charge in [-0.3, -0.25) is 9.69 Å². The molecule has 0 unspecified atom stereocenters. The van der Waals surface area contributed by atoms with E-state index in [4.69, 9.17) is 18.9 Å². The Bertz CT molecular complexity index is 1010. The number of amides is 1. The van der Waals surface area contributed by atoms with Gasteiger partial charge >= 0.3 is 5.97 Å². The van der Waals surface area contributed by atoms with Crippen LogP contribution in [0.25, 0.3) is 0 Å². The number of hydrogen-bond donors (Lipinski definition) is 1.